The fourth-order valence-corrected chi connectivity index (χ4v) is 6.00. The van der Waals surface area contributed by atoms with Crippen molar-refractivity contribution in [2.75, 3.05) is 7.11 Å². The molecule has 11 heteroatoms. The summed E-state index contributed by atoms with van der Waals surface area (Å²) in [5.74, 6) is -1.38. The summed E-state index contributed by atoms with van der Waals surface area (Å²) in [5.41, 5.74) is 0.401. The van der Waals surface area contributed by atoms with Crippen molar-refractivity contribution >= 4 is 23.4 Å². The molecule has 1 heterocycles. The molecule has 1 aromatic carbocycles. The highest BCUT2D eigenvalue weighted by Crippen LogP contribution is 2.34. The van der Waals surface area contributed by atoms with E-state index in [9.17, 15) is 19.3 Å². The number of azo groups is 1. The molecule has 4 rings (SSSR count). The maximum Gasteiger partial charge on any atom is 0.302 e. The molecule has 3 aliphatic rings. The normalized spacial score (nSPS) is 19.1. The first kappa shape index (κ1) is 29.4. The molecular weight excluding hydrogens is 512 g/mol. The molecule has 40 heavy (non-hydrogen) atoms. The van der Waals surface area contributed by atoms with Crippen molar-refractivity contribution in [2.24, 2.45) is 15.5 Å². The lowest BCUT2D eigenvalue weighted by molar-refractivity contribution is -0.130. The highest BCUT2D eigenvalue weighted by atomic mass is 16.5. The van der Waals surface area contributed by atoms with Crippen LogP contribution in [0.25, 0.3) is 0 Å². The maximum atomic E-state index is 13.8. The zero-order chi connectivity index (χ0) is 28.6. The van der Waals surface area contributed by atoms with Gasteiger partial charge in [-0.3, -0.25) is 19.3 Å². The summed E-state index contributed by atoms with van der Waals surface area (Å²) < 4.78 is 5.61. The molecule has 1 aliphatic heterocycles. The van der Waals surface area contributed by atoms with Gasteiger partial charge in [-0.25, -0.2) is 0 Å². The topological polar surface area (TPSA) is 133 Å². The number of carbonyl (C=O) groups is 3. The number of hydrogen-bond acceptors (Lipinski definition) is 9. The van der Waals surface area contributed by atoms with Crippen molar-refractivity contribution in [1.82, 2.24) is 15.2 Å². The van der Waals surface area contributed by atoms with Gasteiger partial charge in [0.05, 0.1) is 35.3 Å². The second-order valence-electron chi connectivity index (χ2n) is 10.7. The van der Waals surface area contributed by atoms with Crippen molar-refractivity contribution in [3.63, 3.8) is 0 Å². The van der Waals surface area contributed by atoms with Gasteiger partial charge in [-0.15, -0.1) is 15.1 Å². The van der Waals surface area contributed by atoms with E-state index in [0.29, 0.717) is 25.7 Å². The van der Waals surface area contributed by atoms with Crippen LogP contribution in [0.1, 0.15) is 112 Å². The molecule has 2 saturated carbocycles. The van der Waals surface area contributed by atoms with Gasteiger partial charge >= 0.3 is 5.91 Å². The molecular formula is C29H40N6O5. The second kappa shape index (κ2) is 13.6. The SMILES string of the molecule is CCC(CC)N1C(=O)c2cccc(N=N/C(C(=O)N(N=O)C3CCCCC3)=C(/NC3CCCCC3)OC)c2C1=O. The van der Waals surface area contributed by atoms with Crippen LogP contribution < -0.4 is 5.32 Å². The first-order chi connectivity index (χ1) is 19.4. The molecule has 0 bridgehead atoms. The average molecular weight is 553 g/mol. The zero-order valence-corrected chi connectivity index (χ0v) is 23.7. The lowest BCUT2D eigenvalue weighted by atomic mass is 9.95. The summed E-state index contributed by atoms with van der Waals surface area (Å²) >= 11 is 0. The van der Waals surface area contributed by atoms with Gasteiger partial charge in [-0.1, -0.05) is 58.4 Å². The van der Waals surface area contributed by atoms with E-state index in [1.807, 2.05) is 13.8 Å². The molecule has 216 valence electrons. The van der Waals surface area contributed by atoms with Gasteiger partial charge in [0.15, 0.2) is 0 Å². The van der Waals surface area contributed by atoms with Gasteiger partial charge in [0, 0.05) is 12.1 Å². The van der Waals surface area contributed by atoms with Crippen molar-refractivity contribution in [3.8, 4) is 0 Å². The van der Waals surface area contributed by atoms with E-state index in [4.69, 9.17) is 4.74 Å². The third-order valence-electron chi connectivity index (χ3n) is 8.27. The molecule has 2 fully saturated rings. The van der Waals surface area contributed by atoms with Crippen LogP contribution in [0.2, 0.25) is 0 Å². The number of ether oxygens (including phenoxy) is 1. The van der Waals surface area contributed by atoms with Crippen LogP contribution in [0.5, 0.6) is 0 Å². The van der Waals surface area contributed by atoms with E-state index >= 15 is 0 Å². The molecule has 1 N–H and O–H groups in total. The number of rotatable bonds is 11. The summed E-state index contributed by atoms with van der Waals surface area (Å²) in [6, 6.07) is 4.36. The number of fused-ring (bicyclic) bond motifs is 1. The minimum atomic E-state index is -0.709. The quantitative estimate of drug-likeness (QED) is 0.0876. The number of nitrogens with zero attached hydrogens (tertiary/aromatic N) is 5. The second-order valence-corrected chi connectivity index (χ2v) is 10.7. The van der Waals surface area contributed by atoms with Crippen LogP contribution >= 0.6 is 0 Å². The lowest BCUT2D eigenvalue weighted by Crippen LogP contribution is -2.40. The van der Waals surface area contributed by atoms with Crippen molar-refractivity contribution < 1.29 is 19.1 Å². The Morgan fingerprint density at radius 3 is 2.27 bits per heavy atom. The average Bonchev–Trinajstić information content (AvgIpc) is 3.24. The maximum absolute atomic E-state index is 13.8. The van der Waals surface area contributed by atoms with Crippen LogP contribution in [0.3, 0.4) is 0 Å². The first-order valence-electron chi connectivity index (χ1n) is 14.6. The first-order valence-corrected chi connectivity index (χ1v) is 14.6. The predicted molar refractivity (Wildman–Crippen MR) is 149 cm³/mol. The van der Waals surface area contributed by atoms with Crippen LogP contribution in [0.15, 0.2) is 45.3 Å². The van der Waals surface area contributed by atoms with Crippen LogP contribution in [0, 0.1) is 4.91 Å². The molecule has 0 radical (unpaired) electrons. The zero-order valence-electron chi connectivity index (χ0n) is 23.7. The number of methoxy groups -OCH3 is 1. The predicted octanol–water partition coefficient (Wildman–Crippen LogP) is 6.14. The monoisotopic (exact) mass is 552 g/mol. The van der Waals surface area contributed by atoms with Crippen LogP contribution in [-0.4, -0.2) is 52.9 Å². The van der Waals surface area contributed by atoms with E-state index < -0.39 is 11.8 Å². The largest absolute Gasteiger partial charge is 0.481 e. The molecule has 3 amide bonds. The number of nitroso groups, excluding NO2 is 1. The Balaban J connectivity index is 1.73. The summed E-state index contributed by atoms with van der Waals surface area (Å²) in [6.45, 7) is 3.87. The third kappa shape index (κ3) is 6.08. The Morgan fingerprint density at radius 1 is 1.02 bits per heavy atom. The molecule has 0 atom stereocenters. The minimum absolute atomic E-state index is 0.0859. The number of imide groups is 1. The van der Waals surface area contributed by atoms with Gasteiger partial charge in [0.25, 0.3) is 11.8 Å². The van der Waals surface area contributed by atoms with E-state index in [1.165, 1.54) is 12.0 Å². The Hall–Kier alpha value is -3.63. The molecule has 0 unspecified atom stereocenters. The molecule has 1 aromatic rings. The third-order valence-corrected chi connectivity index (χ3v) is 8.27. The van der Waals surface area contributed by atoms with Gasteiger partial charge in [-0.2, -0.15) is 5.01 Å². The Labute approximate surface area is 235 Å². The summed E-state index contributed by atoms with van der Waals surface area (Å²) in [6.07, 6.45) is 10.6. The van der Waals surface area contributed by atoms with Crippen molar-refractivity contribution in [1.29, 1.82) is 0 Å². The van der Waals surface area contributed by atoms with Gasteiger partial charge in [0.1, 0.15) is 0 Å². The number of hydrogen-bond donors (Lipinski definition) is 1. The highest BCUT2D eigenvalue weighted by Gasteiger charge is 2.41. The van der Waals surface area contributed by atoms with E-state index in [2.05, 4.69) is 20.8 Å². The fourth-order valence-electron chi connectivity index (χ4n) is 6.00. The number of benzene rings is 1. The Morgan fingerprint density at radius 2 is 1.68 bits per heavy atom. The molecule has 0 spiro atoms. The van der Waals surface area contributed by atoms with Gasteiger partial charge in [0.2, 0.25) is 11.6 Å². The van der Waals surface area contributed by atoms with Crippen molar-refractivity contribution in [2.45, 2.75) is 109 Å². The number of nitrogens with one attached hydrogen (secondary N) is 1. The Kier molecular flexibility index (Phi) is 10.0. The number of carbonyl (C=O) groups excluding carboxylic acids is 3. The highest BCUT2D eigenvalue weighted by molar-refractivity contribution is 6.23. The molecule has 2 aliphatic carbocycles. The van der Waals surface area contributed by atoms with Crippen LogP contribution in [0.4, 0.5) is 5.69 Å². The van der Waals surface area contributed by atoms with E-state index in [0.717, 1.165) is 56.4 Å². The van der Waals surface area contributed by atoms with Gasteiger partial charge < -0.3 is 10.1 Å². The fraction of sp³-hybridized carbons (Fsp3) is 0.621. The molecule has 0 aromatic heterocycles. The standard InChI is InChI=1S/C29H40N6O5/c1-4-20(5-2)34-27(36)22-17-12-18-23(24(22)28(34)37)31-32-25(26(40-3)30-19-13-8-6-9-14-19)29(38)35(33-39)21-15-10-7-11-16-21/h12,17-21,30H,4-11,13-16H2,1-3H3/b26-25-,32-31?. The lowest BCUT2D eigenvalue weighted by Gasteiger charge is -2.29. The summed E-state index contributed by atoms with van der Waals surface area (Å²) in [5, 5.41) is 15.9. The minimum Gasteiger partial charge on any atom is -0.481 e. The van der Waals surface area contributed by atoms with E-state index in [-0.39, 0.29) is 52.4 Å². The molecule has 11 nitrogen and oxygen atoms in total. The Bertz CT molecular complexity index is 1170. The van der Waals surface area contributed by atoms with E-state index in [1.54, 1.807) is 18.2 Å². The smallest absolute Gasteiger partial charge is 0.302 e. The summed E-state index contributed by atoms with van der Waals surface area (Å²) in [4.78, 5) is 53.5. The summed E-state index contributed by atoms with van der Waals surface area (Å²) in [7, 11) is 1.43. The molecule has 0 saturated heterocycles. The van der Waals surface area contributed by atoms with Crippen molar-refractivity contribution in [3.05, 3.63) is 45.8 Å². The number of amides is 3. The van der Waals surface area contributed by atoms with Gasteiger partial charge in [-0.05, 0) is 50.7 Å². The van der Waals surface area contributed by atoms with Crippen LogP contribution in [-0.2, 0) is 9.53 Å².